The molecule has 0 aliphatic heterocycles. The molecule has 0 spiro atoms. The van der Waals surface area contributed by atoms with Gasteiger partial charge in [-0.1, -0.05) is 32.9 Å². The van der Waals surface area contributed by atoms with Gasteiger partial charge in [-0.25, -0.2) is 15.8 Å². The Labute approximate surface area is 119 Å². The first kappa shape index (κ1) is 14.3. The van der Waals surface area contributed by atoms with Crippen LogP contribution in [0.2, 0.25) is 0 Å². The predicted molar refractivity (Wildman–Crippen MR) is 83.0 cm³/mol. The highest BCUT2D eigenvalue weighted by atomic mass is 15.3. The van der Waals surface area contributed by atoms with E-state index in [-0.39, 0.29) is 5.92 Å². The van der Waals surface area contributed by atoms with E-state index in [4.69, 9.17) is 5.84 Å². The minimum atomic E-state index is 0.242. The van der Waals surface area contributed by atoms with Crippen molar-refractivity contribution in [3.8, 4) is 0 Å². The highest BCUT2D eigenvalue weighted by molar-refractivity contribution is 5.59. The van der Waals surface area contributed by atoms with Gasteiger partial charge < -0.3 is 10.7 Å². The van der Waals surface area contributed by atoms with E-state index in [1.54, 1.807) is 6.07 Å². The largest absolute Gasteiger partial charge is 0.340 e. The van der Waals surface area contributed by atoms with Crippen molar-refractivity contribution >= 4 is 17.3 Å². The third-order valence-electron chi connectivity index (χ3n) is 3.04. The smallest absolute Gasteiger partial charge is 0.145 e. The van der Waals surface area contributed by atoms with Crippen molar-refractivity contribution in [2.75, 3.05) is 10.7 Å². The molecule has 1 heterocycles. The summed E-state index contributed by atoms with van der Waals surface area (Å²) in [5.74, 6) is 7.80. The molecule has 4 N–H and O–H groups in total. The molecule has 1 aromatic carbocycles. The van der Waals surface area contributed by atoms with Gasteiger partial charge in [-0.2, -0.15) is 0 Å². The average Bonchev–Trinajstić information content (AvgIpc) is 2.47. The lowest BCUT2D eigenvalue weighted by molar-refractivity contribution is 0.777. The SMILES string of the molecule is CCc1ccc(Nc2cc(NN)nc(C(C)C)n2)cc1. The molecule has 0 fully saturated rings. The van der Waals surface area contributed by atoms with Gasteiger partial charge in [-0.15, -0.1) is 0 Å². The summed E-state index contributed by atoms with van der Waals surface area (Å²) in [6.07, 6.45) is 1.03. The summed E-state index contributed by atoms with van der Waals surface area (Å²) >= 11 is 0. The van der Waals surface area contributed by atoms with E-state index in [1.165, 1.54) is 5.56 Å². The molecule has 106 valence electrons. The third kappa shape index (κ3) is 3.45. The van der Waals surface area contributed by atoms with Gasteiger partial charge in [-0.3, -0.25) is 0 Å². The Morgan fingerprint density at radius 2 is 1.75 bits per heavy atom. The quantitative estimate of drug-likeness (QED) is 0.575. The van der Waals surface area contributed by atoms with Gasteiger partial charge in [-0.05, 0) is 24.1 Å². The van der Waals surface area contributed by atoms with E-state index < -0.39 is 0 Å². The van der Waals surface area contributed by atoms with Gasteiger partial charge in [0.2, 0.25) is 0 Å². The zero-order chi connectivity index (χ0) is 14.5. The summed E-state index contributed by atoms with van der Waals surface area (Å²) < 4.78 is 0. The van der Waals surface area contributed by atoms with Gasteiger partial charge in [0.25, 0.3) is 0 Å². The van der Waals surface area contributed by atoms with E-state index in [9.17, 15) is 0 Å². The molecule has 0 radical (unpaired) electrons. The Hall–Kier alpha value is -2.14. The number of nitrogens with zero attached hydrogens (tertiary/aromatic N) is 2. The first-order valence-electron chi connectivity index (χ1n) is 6.84. The van der Waals surface area contributed by atoms with Gasteiger partial charge in [0.15, 0.2) is 0 Å². The van der Waals surface area contributed by atoms with Crippen molar-refractivity contribution in [3.05, 3.63) is 41.7 Å². The minimum absolute atomic E-state index is 0.242. The van der Waals surface area contributed by atoms with Gasteiger partial charge in [0.05, 0.1) is 0 Å². The highest BCUT2D eigenvalue weighted by Gasteiger charge is 2.07. The topological polar surface area (TPSA) is 75.9 Å². The molecular weight excluding hydrogens is 250 g/mol. The highest BCUT2D eigenvalue weighted by Crippen LogP contribution is 2.20. The second-order valence-corrected chi connectivity index (χ2v) is 4.97. The summed E-state index contributed by atoms with van der Waals surface area (Å²) in [6.45, 7) is 6.24. The van der Waals surface area contributed by atoms with Crippen LogP contribution in [0.4, 0.5) is 17.3 Å². The monoisotopic (exact) mass is 271 g/mol. The fourth-order valence-electron chi connectivity index (χ4n) is 1.83. The standard InChI is InChI=1S/C15H21N5/c1-4-11-5-7-12(8-6-11)17-13-9-14(20-16)19-15(18-13)10(2)3/h5-10H,4,16H2,1-3H3,(H2,17,18,19,20). The maximum atomic E-state index is 5.45. The van der Waals surface area contributed by atoms with Crippen LogP contribution in [0, 0.1) is 0 Å². The molecular formula is C15H21N5. The second kappa shape index (κ2) is 6.34. The average molecular weight is 271 g/mol. The van der Waals surface area contributed by atoms with Gasteiger partial charge >= 0.3 is 0 Å². The fourth-order valence-corrected chi connectivity index (χ4v) is 1.83. The predicted octanol–water partition coefficient (Wildman–Crippen LogP) is 3.19. The molecule has 0 atom stereocenters. The molecule has 0 aliphatic rings. The van der Waals surface area contributed by atoms with Gasteiger partial charge in [0, 0.05) is 17.7 Å². The number of benzene rings is 1. The molecule has 0 aliphatic carbocycles. The number of nitrogen functional groups attached to an aromatic ring is 1. The number of hydrogen-bond acceptors (Lipinski definition) is 5. The molecule has 20 heavy (non-hydrogen) atoms. The Morgan fingerprint density at radius 3 is 2.30 bits per heavy atom. The van der Waals surface area contributed by atoms with E-state index >= 15 is 0 Å². The molecule has 2 rings (SSSR count). The second-order valence-electron chi connectivity index (χ2n) is 4.97. The Kier molecular flexibility index (Phi) is 4.53. The van der Waals surface area contributed by atoms with E-state index in [0.29, 0.717) is 5.82 Å². The van der Waals surface area contributed by atoms with E-state index in [2.05, 4.69) is 53.6 Å². The summed E-state index contributed by atoms with van der Waals surface area (Å²) in [5, 5.41) is 3.28. The van der Waals surface area contributed by atoms with Crippen molar-refractivity contribution in [1.82, 2.24) is 9.97 Å². The Bertz CT molecular complexity index is 563. The van der Waals surface area contributed by atoms with Crippen LogP contribution < -0.4 is 16.6 Å². The number of hydrazine groups is 1. The van der Waals surface area contributed by atoms with Crippen LogP contribution >= 0.6 is 0 Å². The lowest BCUT2D eigenvalue weighted by Crippen LogP contribution is -2.12. The van der Waals surface area contributed by atoms with Gasteiger partial charge in [0.1, 0.15) is 17.5 Å². The van der Waals surface area contributed by atoms with Crippen LogP contribution in [0.15, 0.2) is 30.3 Å². The zero-order valence-electron chi connectivity index (χ0n) is 12.1. The van der Waals surface area contributed by atoms with Crippen LogP contribution in [0.5, 0.6) is 0 Å². The van der Waals surface area contributed by atoms with Crippen molar-refractivity contribution in [1.29, 1.82) is 0 Å². The van der Waals surface area contributed by atoms with Crippen LogP contribution in [-0.2, 0) is 6.42 Å². The third-order valence-corrected chi connectivity index (χ3v) is 3.04. The zero-order valence-corrected chi connectivity index (χ0v) is 12.1. The molecule has 5 heteroatoms. The van der Waals surface area contributed by atoms with Crippen molar-refractivity contribution in [3.63, 3.8) is 0 Å². The van der Waals surface area contributed by atoms with Crippen LogP contribution in [0.25, 0.3) is 0 Å². The normalized spacial score (nSPS) is 10.7. The number of anilines is 3. The fraction of sp³-hybridized carbons (Fsp3) is 0.333. The van der Waals surface area contributed by atoms with Crippen molar-refractivity contribution in [2.24, 2.45) is 5.84 Å². The van der Waals surface area contributed by atoms with Crippen LogP contribution in [0.3, 0.4) is 0 Å². The molecule has 2 aromatic rings. The summed E-state index contributed by atoms with van der Waals surface area (Å²) in [5.41, 5.74) is 4.88. The number of aryl methyl sites for hydroxylation is 1. The number of rotatable bonds is 5. The van der Waals surface area contributed by atoms with Crippen molar-refractivity contribution < 1.29 is 0 Å². The number of aromatic nitrogens is 2. The molecule has 0 unspecified atom stereocenters. The van der Waals surface area contributed by atoms with E-state index in [1.807, 2.05) is 12.1 Å². The number of nitrogens with two attached hydrogens (primary N) is 1. The maximum absolute atomic E-state index is 5.45. The molecule has 1 aromatic heterocycles. The summed E-state index contributed by atoms with van der Waals surface area (Å²) in [4.78, 5) is 8.83. The summed E-state index contributed by atoms with van der Waals surface area (Å²) in [7, 11) is 0. The molecule has 0 saturated carbocycles. The molecule has 0 saturated heterocycles. The lowest BCUT2D eigenvalue weighted by atomic mass is 10.1. The molecule has 0 amide bonds. The van der Waals surface area contributed by atoms with Crippen LogP contribution in [0.1, 0.15) is 38.1 Å². The molecule has 5 nitrogen and oxygen atoms in total. The van der Waals surface area contributed by atoms with E-state index in [0.717, 1.165) is 23.8 Å². The van der Waals surface area contributed by atoms with Crippen LogP contribution in [-0.4, -0.2) is 9.97 Å². The first-order chi connectivity index (χ1) is 9.62. The Balaban J connectivity index is 2.24. The first-order valence-corrected chi connectivity index (χ1v) is 6.84. The summed E-state index contributed by atoms with van der Waals surface area (Å²) in [6, 6.07) is 10.1. The lowest BCUT2D eigenvalue weighted by Gasteiger charge is -2.11. The maximum Gasteiger partial charge on any atom is 0.145 e. The minimum Gasteiger partial charge on any atom is -0.340 e. The van der Waals surface area contributed by atoms with Crippen molar-refractivity contribution in [2.45, 2.75) is 33.1 Å². The Morgan fingerprint density at radius 1 is 1.10 bits per heavy atom. The number of hydrogen-bond donors (Lipinski definition) is 3. The number of nitrogens with one attached hydrogen (secondary N) is 2. The molecule has 0 bridgehead atoms.